The van der Waals surface area contributed by atoms with E-state index in [2.05, 4.69) is 201 Å². The van der Waals surface area contributed by atoms with Crippen molar-refractivity contribution in [3.05, 3.63) is 193 Å². The van der Waals surface area contributed by atoms with E-state index in [1.54, 1.807) is 0 Å². The van der Waals surface area contributed by atoms with Crippen LogP contribution in [0.4, 0.5) is 17.1 Å². The molecule has 0 fully saturated rings. The molecule has 2 nitrogen and oxygen atoms in total. The van der Waals surface area contributed by atoms with Gasteiger partial charge in [0.2, 0.25) is 0 Å². The Bertz CT molecular complexity index is 2260. The lowest BCUT2D eigenvalue weighted by Crippen LogP contribution is -2.81. The molecule has 236 valence electrons. The summed E-state index contributed by atoms with van der Waals surface area (Å²) in [7, 11) is -6.07. The van der Waals surface area contributed by atoms with Gasteiger partial charge in [-0.25, -0.2) is 0 Å². The zero-order chi connectivity index (χ0) is 33.2. The Labute approximate surface area is 289 Å². The molecule has 2 aliphatic rings. The predicted octanol–water partition coefficient (Wildman–Crippen LogP) is 7.13. The van der Waals surface area contributed by atoms with Gasteiger partial charge in [0.15, 0.2) is 15.2 Å². The van der Waals surface area contributed by atoms with E-state index in [1.165, 1.54) is 43.2 Å². The first-order chi connectivity index (χ1) is 24.0. The summed E-state index contributed by atoms with van der Waals surface area (Å²) in [4.78, 5) is 2.36. The Hall–Kier alpha value is -5.21. The van der Waals surface area contributed by atoms with Gasteiger partial charge in [0.05, 0.1) is 11.4 Å². The second-order valence-electron chi connectivity index (χ2n) is 13.6. The molecule has 7 aromatic carbocycles. The Morgan fingerprint density at radius 2 is 0.878 bits per heavy atom. The molecule has 2 aliphatic heterocycles. The van der Waals surface area contributed by atoms with Crippen molar-refractivity contribution in [3.8, 4) is 0 Å². The molecule has 2 heterocycles. The molecule has 0 saturated heterocycles. The third kappa shape index (κ3) is 4.16. The van der Waals surface area contributed by atoms with Gasteiger partial charge in [-0.05, 0) is 68.3 Å². The summed E-state index contributed by atoms with van der Waals surface area (Å²) in [5.41, 5.74) is 5.88. The standard InChI is InChI=1S/C45H36NOPSi/c1-45(2)37-21-9-11-23-39(37)46(40-24-12-10-22-38(40)45)33-29-31-34(32-30-33)48(47)41-25-13-15-27-43(41)49(35-17-5-3-6-18-35,36-19-7-4-8-20-36)44-28-16-14-26-42(44)48/h3-32H,1-2H3. The minimum atomic E-state index is -3.26. The van der Waals surface area contributed by atoms with E-state index in [0.29, 0.717) is 0 Å². The summed E-state index contributed by atoms with van der Waals surface area (Å²) in [6.07, 6.45) is 0. The lowest BCUT2D eigenvalue weighted by Gasteiger charge is -2.43. The number of hydrogen-bond acceptors (Lipinski definition) is 2. The molecule has 0 unspecified atom stereocenters. The highest BCUT2D eigenvalue weighted by molar-refractivity contribution is 7.87. The number of fused-ring (bicyclic) bond motifs is 4. The third-order valence-electron chi connectivity index (χ3n) is 10.8. The first kappa shape index (κ1) is 29.9. The average molecular weight is 666 g/mol. The van der Waals surface area contributed by atoms with Crippen molar-refractivity contribution in [1.29, 1.82) is 0 Å². The Balaban J connectivity index is 1.26. The molecule has 0 spiro atoms. The Morgan fingerprint density at radius 3 is 1.37 bits per heavy atom. The van der Waals surface area contributed by atoms with Gasteiger partial charge in [0.25, 0.3) is 0 Å². The molecular formula is C45H36NOPSi. The van der Waals surface area contributed by atoms with Crippen molar-refractivity contribution in [3.63, 3.8) is 0 Å². The topological polar surface area (TPSA) is 20.3 Å². The molecule has 0 bridgehead atoms. The van der Waals surface area contributed by atoms with Crippen LogP contribution >= 0.6 is 7.14 Å². The summed E-state index contributed by atoms with van der Waals surface area (Å²) in [5, 5.41) is 7.78. The van der Waals surface area contributed by atoms with E-state index < -0.39 is 15.2 Å². The molecule has 0 amide bonds. The second kappa shape index (κ2) is 11.2. The van der Waals surface area contributed by atoms with Gasteiger partial charge in [-0.2, -0.15) is 0 Å². The molecule has 0 aromatic heterocycles. The highest BCUT2D eigenvalue weighted by Crippen LogP contribution is 2.52. The van der Waals surface area contributed by atoms with Gasteiger partial charge in [0.1, 0.15) is 0 Å². The number of rotatable bonds is 4. The SMILES string of the molecule is CC1(C)c2ccccc2N(c2ccc(P3(=O)c4ccccc4[Si](c4ccccc4)(c4ccccc4)c4ccccc43)cc2)c2ccccc21. The quantitative estimate of drug-likeness (QED) is 0.147. The fraction of sp³-hybridized carbons (Fsp3) is 0.0667. The van der Waals surface area contributed by atoms with Gasteiger partial charge in [-0.3, -0.25) is 0 Å². The van der Waals surface area contributed by atoms with E-state index in [0.717, 1.165) is 21.6 Å². The number of nitrogens with zero attached hydrogens (tertiary/aromatic N) is 1. The highest BCUT2D eigenvalue weighted by Gasteiger charge is 2.52. The lowest BCUT2D eigenvalue weighted by molar-refractivity contribution is 0.592. The number of para-hydroxylation sites is 2. The van der Waals surface area contributed by atoms with Crippen LogP contribution < -0.4 is 41.6 Å². The van der Waals surface area contributed by atoms with Crippen LogP contribution in [0, 0.1) is 0 Å². The molecule has 7 aromatic rings. The molecule has 9 rings (SSSR count). The average Bonchev–Trinajstić information content (AvgIpc) is 3.16. The van der Waals surface area contributed by atoms with E-state index in [1.807, 2.05) is 0 Å². The van der Waals surface area contributed by atoms with Gasteiger partial charge < -0.3 is 9.46 Å². The summed E-state index contributed by atoms with van der Waals surface area (Å²) >= 11 is 0. The summed E-state index contributed by atoms with van der Waals surface area (Å²) in [6.45, 7) is 4.62. The van der Waals surface area contributed by atoms with Gasteiger partial charge in [-0.1, -0.05) is 159 Å². The molecule has 0 saturated carbocycles. The monoisotopic (exact) mass is 665 g/mol. The largest absolute Gasteiger partial charge is 0.310 e. The molecule has 0 N–H and O–H groups in total. The van der Waals surface area contributed by atoms with Crippen LogP contribution in [-0.2, 0) is 9.98 Å². The van der Waals surface area contributed by atoms with E-state index in [9.17, 15) is 0 Å². The van der Waals surface area contributed by atoms with Crippen LogP contribution in [0.25, 0.3) is 0 Å². The molecule has 0 radical (unpaired) electrons. The van der Waals surface area contributed by atoms with Crippen molar-refractivity contribution < 1.29 is 4.57 Å². The minimum absolute atomic E-state index is 0.127. The van der Waals surface area contributed by atoms with E-state index in [-0.39, 0.29) is 5.41 Å². The molecule has 49 heavy (non-hydrogen) atoms. The van der Waals surface area contributed by atoms with E-state index >= 15 is 4.57 Å². The van der Waals surface area contributed by atoms with E-state index in [4.69, 9.17) is 0 Å². The number of anilines is 3. The Kier molecular flexibility index (Phi) is 6.81. The van der Waals surface area contributed by atoms with Crippen molar-refractivity contribution >= 4 is 68.9 Å². The van der Waals surface area contributed by atoms with Crippen molar-refractivity contribution in [1.82, 2.24) is 0 Å². The van der Waals surface area contributed by atoms with Gasteiger partial charge in [-0.15, -0.1) is 0 Å². The zero-order valence-electron chi connectivity index (χ0n) is 27.6. The maximum absolute atomic E-state index is 16.2. The normalized spacial score (nSPS) is 16.1. The van der Waals surface area contributed by atoms with Crippen LogP contribution in [0.1, 0.15) is 25.0 Å². The zero-order valence-corrected chi connectivity index (χ0v) is 29.5. The second-order valence-corrected chi connectivity index (χ2v) is 20.1. The smallest absolute Gasteiger partial charge is 0.181 e. The van der Waals surface area contributed by atoms with Gasteiger partial charge >= 0.3 is 0 Å². The number of benzene rings is 7. The third-order valence-corrected chi connectivity index (χ3v) is 19.3. The van der Waals surface area contributed by atoms with Crippen molar-refractivity contribution in [2.75, 3.05) is 4.90 Å². The maximum Gasteiger partial charge on any atom is 0.181 e. The predicted molar refractivity (Wildman–Crippen MR) is 210 cm³/mol. The van der Waals surface area contributed by atoms with Crippen LogP contribution in [0.2, 0.25) is 0 Å². The first-order valence-electron chi connectivity index (χ1n) is 17.0. The number of hydrogen-bond donors (Lipinski definition) is 0. The summed E-state index contributed by atoms with van der Waals surface area (Å²) < 4.78 is 16.2. The molecule has 0 atom stereocenters. The summed E-state index contributed by atoms with van der Waals surface area (Å²) in [5.74, 6) is 0. The van der Waals surface area contributed by atoms with Crippen LogP contribution in [-0.4, -0.2) is 8.07 Å². The van der Waals surface area contributed by atoms with Gasteiger partial charge in [0, 0.05) is 27.0 Å². The first-order valence-corrected chi connectivity index (χ1v) is 20.7. The lowest BCUT2D eigenvalue weighted by atomic mass is 9.73. The molecular weight excluding hydrogens is 630 g/mol. The van der Waals surface area contributed by atoms with Crippen molar-refractivity contribution in [2.24, 2.45) is 0 Å². The minimum Gasteiger partial charge on any atom is -0.310 e. The Morgan fingerprint density at radius 1 is 0.469 bits per heavy atom. The van der Waals surface area contributed by atoms with Crippen LogP contribution in [0.5, 0.6) is 0 Å². The summed E-state index contributed by atoms with van der Waals surface area (Å²) in [6, 6.07) is 65.0. The molecule has 0 aliphatic carbocycles. The maximum atomic E-state index is 16.2. The van der Waals surface area contributed by atoms with Crippen LogP contribution in [0.3, 0.4) is 0 Å². The van der Waals surface area contributed by atoms with Crippen LogP contribution in [0.15, 0.2) is 182 Å². The molecule has 4 heteroatoms. The fourth-order valence-electron chi connectivity index (χ4n) is 8.61. The highest BCUT2D eigenvalue weighted by atomic mass is 31.2. The van der Waals surface area contributed by atoms with Crippen molar-refractivity contribution in [2.45, 2.75) is 19.3 Å². The fourth-order valence-corrected chi connectivity index (χ4v) is 18.2.